The van der Waals surface area contributed by atoms with Crippen LogP contribution in [-0.4, -0.2) is 36.9 Å². The van der Waals surface area contributed by atoms with Crippen molar-refractivity contribution in [3.05, 3.63) is 90.3 Å². The molecule has 0 fully saturated rings. The number of halogens is 4. The molecule has 2 aromatic heterocycles. The van der Waals surface area contributed by atoms with E-state index in [4.69, 9.17) is 4.74 Å². The van der Waals surface area contributed by atoms with Gasteiger partial charge in [-0.3, -0.25) is 19.5 Å². The van der Waals surface area contributed by atoms with Crippen LogP contribution < -0.4 is 5.56 Å². The van der Waals surface area contributed by atoms with Gasteiger partial charge in [0.15, 0.2) is 23.0 Å². The van der Waals surface area contributed by atoms with Crippen LogP contribution in [0.1, 0.15) is 35.6 Å². The molecule has 0 aliphatic carbocycles. The minimum Gasteiger partial charge on any atom is -0.503 e. The molecule has 0 bridgehead atoms. The highest BCUT2D eigenvalue weighted by Gasteiger charge is 2.52. The van der Waals surface area contributed by atoms with Crippen molar-refractivity contribution in [3.8, 4) is 17.1 Å². The zero-order valence-corrected chi connectivity index (χ0v) is 21.2. The molecule has 0 saturated carbocycles. The Labute approximate surface area is 231 Å². The van der Waals surface area contributed by atoms with Gasteiger partial charge in [0.1, 0.15) is 23.7 Å². The highest BCUT2D eigenvalue weighted by atomic mass is 19.2. The smallest absolute Gasteiger partial charge is 0.343 e. The zero-order valence-electron chi connectivity index (χ0n) is 21.2. The monoisotopic (exact) mass is 584 g/mol. The molecule has 42 heavy (non-hydrogen) atoms. The van der Waals surface area contributed by atoms with E-state index >= 15 is 0 Å². The van der Waals surface area contributed by atoms with Crippen molar-refractivity contribution in [2.75, 3.05) is 0 Å². The van der Waals surface area contributed by atoms with Crippen molar-refractivity contribution in [3.63, 3.8) is 0 Å². The number of aliphatic imine (C=N–C) groups is 1. The molecule has 0 unspecified atom stereocenters. The third-order valence-electron chi connectivity index (χ3n) is 7.45. The lowest BCUT2D eigenvalue weighted by molar-refractivity contribution is -0.386. The summed E-state index contributed by atoms with van der Waals surface area (Å²) in [5, 5.41) is 33.2. The average Bonchev–Trinajstić information content (AvgIpc) is 3.35. The van der Waals surface area contributed by atoms with Gasteiger partial charge in [-0.2, -0.15) is 8.78 Å². The van der Waals surface area contributed by atoms with E-state index in [9.17, 15) is 47.5 Å². The first kappa shape index (κ1) is 27.0. The number of pyridine rings is 2. The zero-order chi connectivity index (χ0) is 30.2. The molecule has 2 aliphatic rings. The second kappa shape index (κ2) is 9.17. The number of phenolic OH excluding ortho intramolecular Hbond substituents is 1. The van der Waals surface area contributed by atoms with Gasteiger partial charge >= 0.3 is 11.7 Å². The molecule has 0 amide bonds. The quantitative estimate of drug-likeness (QED) is 0.0802. The van der Waals surface area contributed by atoms with Gasteiger partial charge in [-0.1, -0.05) is 25.1 Å². The Bertz CT molecular complexity index is 1980. The number of fused-ring (bicyclic) bond motifs is 5. The number of aliphatic hydroxyl groups is 1. The molecular weight excluding hydrogens is 568 g/mol. The average molecular weight is 584 g/mol. The van der Waals surface area contributed by atoms with Gasteiger partial charge in [-0.15, -0.1) is 0 Å². The van der Waals surface area contributed by atoms with Crippen LogP contribution in [0.2, 0.25) is 0 Å². The molecule has 6 rings (SSSR count). The fraction of sp³-hybridized carbons (Fsp3) is 0.185. The molecule has 214 valence electrons. The maximum Gasteiger partial charge on any atom is 0.343 e. The predicted octanol–water partition coefficient (Wildman–Crippen LogP) is 4.00. The lowest BCUT2D eigenvalue weighted by Gasteiger charge is -2.31. The summed E-state index contributed by atoms with van der Waals surface area (Å²) >= 11 is 0. The Morgan fingerprint density at radius 3 is 2.45 bits per heavy atom. The van der Waals surface area contributed by atoms with E-state index in [2.05, 4.69) is 9.98 Å². The van der Waals surface area contributed by atoms with E-state index in [1.165, 1.54) is 19.1 Å². The van der Waals surface area contributed by atoms with Crippen molar-refractivity contribution >= 4 is 34.5 Å². The first-order valence-electron chi connectivity index (χ1n) is 12.3. The lowest BCUT2D eigenvalue weighted by Crippen LogP contribution is -2.45. The summed E-state index contributed by atoms with van der Waals surface area (Å²) in [6.45, 7) is 0.387. The molecule has 2 aromatic carbocycles. The van der Waals surface area contributed by atoms with Crippen LogP contribution in [0.4, 0.5) is 28.9 Å². The summed E-state index contributed by atoms with van der Waals surface area (Å²) in [5.41, 5.74) is -6.37. The number of ether oxygens (including phenoxy) is 1. The number of esters is 1. The Hall–Kier alpha value is -5.18. The number of aromatic hydroxyl groups is 1. The van der Waals surface area contributed by atoms with Gasteiger partial charge in [0.2, 0.25) is 11.6 Å². The number of nitrogens with zero attached hydrogens (tertiary/aromatic N) is 4. The first-order valence-corrected chi connectivity index (χ1v) is 12.3. The van der Waals surface area contributed by atoms with Crippen molar-refractivity contribution in [1.82, 2.24) is 9.55 Å². The van der Waals surface area contributed by atoms with Crippen LogP contribution in [0.3, 0.4) is 0 Å². The molecule has 4 heterocycles. The van der Waals surface area contributed by atoms with E-state index in [1.54, 1.807) is 12.1 Å². The number of rotatable bonds is 4. The summed E-state index contributed by atoms with van der Waals surface area (Å²) in [5.74, 6) is -11.1. The Morgan fingerprint density at radius 2 is 1.81 bits per heavy atom. The van der Waals surface area contributed by atoms with Gasteiger partial charge in [0.05, 0.1) is 28.1 Å². The minimum absolute atomic E-state index is 0.0525. The molecule has 11 nitrogen and oxygen atoms in total. The fourth-order valence-electron chi connectivity index (χ4n) is 5.38. The second-order valence-corrected chi connectivity index (χ2v) is 9.57. The van der Waals surface area contributed by atoms with E-state index in [-0.39, 0.29) is 46.6 Å². The molecule has 2 aliphatic heterocycles. The molecule has 0 saturated heterocycles. The van der Waals surface area contributed by atoms with Crippen LogP contribution in [0.5, 0.6) is 5.75 Å². The lowest BCUT2D eigenvalue weighted by atomic mass is 9.84. The molecule has 4 aromatic rings. The molecule has 15 heteroatoms. The van der Waals surface area contributed by atoms with Crippen LogP contribution >= 0.6 is 0 Å². The van der Waals surface area contributed by atoms with Gasteiger partial charge < -0.3 is 14.9 Å². The Kier molecular flexibility index (Phi) is 5.90. The van der Waals surface area contributed by atoms with Gasteiger partial charge in [-0.05, 0) is 12.5 Å². The van der Waals surface area contributed by atoms with Crippen molar-refractivity contribution < 1.29 is 42.2 Å². The maximum atomic E-state index is 14.5. The summed E-state index contributed by atoms with van der Waals surface area (Å²) in [6.07, 6.45) is 0.507. The number of phenols is 1. The van der Waals surface area contributed by atoms with Gasteiger partial charge in [0, 0.05) is 22.7 Å². The number of para-hydroxylation sites is 1. The van der Waals surface area contributed by atoms with Crippen LogP contribution in [0.15, 0.2) is 34.1 Å². The topological polar surface area (TPSA) is 157 Å². The highest BCUT2D eigenvalue weighted by Crippen LogP contribution is 2.47. The molecule has 0 radical (unpaired) electrons. The van der Waals surface area contributed by atoms with Crippen LogP contribution in [0, 0.1) is 33.4 Å². The molecular formula is C27H16F4N4O7. The number of cyclic esters (lactones) is 1. The van der Waals surface area contributed by atoms with E-state index in [0.29, 0.717) is 5.39 Å². The largest absolute Gasteiger partial charge is 0.503 e. The molecule has 2 N–H and O–H groups in total. The number of nitro groups is 1. The van der Waals surface area contributed by atoms with Gasteiger partial charge in [0.25, 0.3) is 5.56 Å². The van der Waals surface area contributed by atoms with Crippen LogP contribution in [-0.2, 0) is 28.3 Å². The normalized spacial score (nSPS) is 17.3. The third-order valence-corrected chi connectivity index (χ3v) is 7.45. The van der Waals surface area contributed by atoms with Crippen LogP contribution in [0.25, 0.3) is 22.3 Å². The standard InChI is InChI=1S/C27H16F4N4O7/c1-2-27(39)15-13(9-42-26(27)38)25(37)34-8-12-11(7-32-21-16(28)18(30)24(36)19(31)17(21)29)10-5-3-4-6-14(10)33-20(12)23(34)22(15)35(40)41/h3-7,36,39H,2,8-9H2,1H3/b32-7+/t27-/m0/s1. The summed E-state index contributed by atoms with van der Waals surface area (Å²) in [4.78, 5) is 45.9. The number of aromatic nitrogens is 2. The molecule has 0 spiro atoms. The number of benzene rings is 2. The number of hydrogen-bond donors (Lipinski definition) is 2. The summed E-state index contributed by atoms with van der Waals surface area (Å²) in [6, 6.07) is 6.18. The summed E-state index contributed by atoms with van der Waals surface area (Å²) in [7, 11) is 0. The predicted molar refractivity (Wildman–Crippen MR) is 136 cm³/mol. The van der Waals surface area contributed by atoms with Gasteiger partial charge in [-0.25, -0.2) is 23.6 Å². The Morgan fingerprint density at radius 1 is 1.14 bits per heavy atom. The minimum atomic E-state index is -2.50. The van der Waals surface area contributed by atoms with E-state index in [0.717, 1.165) is 10.8 Å². The SMILES string of the molecule is CC[C@@]1(O)C(=O)OCc2c1c([N+](=O)[O-])c1n(c2=O)Cc2c-1nc1ccccc1c2/C=N/c1c(F)c(F)c(O)c(F)c1F. The Balaban J connectivity index is 1.68. The maximum absolute atomic E-state index is 14.5. The third kappa shape index (κ3) is 3.49. The highest BCUT2D eigenvalue weighted by molar-refractivity contribution is 6.03. The number of hydrogen-bond acceptors (Lipinski definition) is 9. The van der Waals surface area contributed by atoms with Crippen molar-refractivity contribution in [1.29, 1.82) is 0 Å². The van der Waals surface area contributed by atoms with Crippen molar-refractivity contribution in [2.45, 2.75) is 32.1 Å². The second-order valence-electron chi connectivity index (χ2n) is 9.57. The van der Waals surface area contributed by atoms with E-state index in [1.807, 2.05) is 0 Å². The summed E-state index contributed by atoms with van der Waals surface area (Å²) < 4.78 is 62.8. The number of carbonyl (C=O) groups is 1. The number of carbonyl (C=O) groups excluding carboxylic acids is 1. The van der Waals surface area contributed by atoms with Crippen molar-refractivity contribution in [2.24, 2.45) is 4.99 Å². The first-order chi connectivity index (χ1) is 19.9. The fourth-order valence-corrected chi connectivity index (χ4v) is 5.38. The molecule has 1 atom stereocenters. The van der Waals surface area contributed by atoms with E-state index < -0.39 is 74.6 Å².